The summed E-state index contributed by atoms with van der Waals surface area (Å²) in [5.74, 6) is 3.02. The summed E-state index contributed by atoms with van der Waals surface area (Å²) in [5, 5.41) is 0. The normalized spacial score (nSPS) is 24.6. The molecule has 0 amide bonds. The summed E-state index contributed by atoms with van der Waals surface area (Å²) in [4.78, 5) is 13.9. The highest BCUT2D eigenvalue weighted by atomic mass is 15.2. The van der Waals surface area contributed by atoms with Crippen LogP contribution in [0.1, 0.15) is 45.4 Å². The summed E-state index contributed by atoms with van der Waals surface area (Å²) in [6, 6.07) is 2.20. The standard InChI is InChI=1S/C16H26N4/c1-14-7-6-10-20(12-14)16-11-15(17-13-18-16)19-8-4-2-3-5-9-19/h11,13-14H,2-10,12H2,1H3. The van der Waals surface area contributed by atoms with Gasteiger partial charge in [-0.15, -0.1) is 0 Å². The van der Waals surface area contributed by atoms with Crippen molar-refractivity contribution in [3.8, 4) is 0 Å². The van der Waals surface area contributed by atoms with Gasteiger partial charge in [-0.05, 0) is 31.6 Å². The van der Waals surface area contributed by atoms with Crippen LogP contribution in [-0.2, 0) is 0 Å². The molecule has 4 nitrogen and oxygen atoms in total. The largest absolute Gasteiger partial charge is 0.356 e. The van der Waals surface area contributed by atoms with E-state index in [-0.39, 0.29) is 0 Å². The van der Waals surface area contributed by atoms with Gasteiger partial charge < -0.3 is 9.80 Å². The summed E-state index contributed by atoms with van der Waals surface area (Å²) in [5.41, 5.74) is 0. The molecule has 0 spiro atoms. The second-order valence-corrected chi connectivity index (χ2v) is 6.33. The van der Waals surface area contributed by atoms with E-state index in [1.807, 2.05) is 0 Å². The molecule has 0 N–H and O–H groups in total. The SMILES string of the molecule is CC1CCCN(c2cc(N3CCCCCC3)ncn2)C1. The van der Waals surface area contributed by atoms with Crippen molar-refractivity contribution in [2.24, 2.45) is 5.92 Å². The monoisotopic (exact) mass is 274 g/mol. The van der Waals surface area contributed by atoms with Crippen molar-refractivity contribution in [1.29, 1.82) is 0 Å². The van der Waals surface area contributed by atoms with Gasteiger partial charge in [0.15, 0.2) is 0 Å². The summed E-state index contributed by atoms with van der Waals surface area (Å²) in [7, 11) is 0. The summed E-state index contributed by atoms with van der Waals surface area (Å²) in [6.07, 6.45) is 9.68. The zero-order valence-corrected chi connectivity index (χ0v) is 12.6. The van der Waals surface area contributed by atoms with Crippen molar-refractivity contribution >= 4 is 11.6 Å². The fourth-order valence-electron chi connectivity index (χ4n) is 3.38. The molecular formula is C16H26N4. The van der Waals surface area contributed by atoms with Crippen molar-refractivity contribution in [1.82, 2.24) is 9.97 Å². The molecule has 0 radical (unpaired) electrons. The average molecular weight is 274 g/mol. The van der Waals surface area contributed by atoms with Gasteiger partial charge in [-0.3, -0.25) is 0 Å². The van der Waals surface area contributed by atoms with E-state index in [0.29, 0.717) is 0 Å². The predicted octanol–water partition coefficient (Wildman–Crippen LogP) is 3.09. The lowest BCUT2D eigenvalue weighted by atomic mass is 10.0. The smallest absolute Gasteiger partial charge is 0.134 e. The molecule has 2 saturated heterocycles. The van der Waals surface area contributed by atoms with Crippen LogP contribution in [0.15, 0.2) is 12.4 Å². The maximum atomic E-state index is 4.51. The molecule has 1 aromatic rings. The Balaban J connectivity index is 1.74. The van der Waals surface area contributed by atoms with Gasteiger partial charge in [0.05, 0.1) is 0 Å². The van der Waals surface area contributed by atoms with E-state index in [4.69, 9.17) is 0 Å². The van der Waals surface area contributed by atoms with Gasteiger partial charge in [-0.2, -0.15) is 0 Å². The molecule has 0 bridgehead atoms. The molecule has 110 valence electrons. The van der Waals surface area contributed by atoms with Crippen molar-refractivity contribution in [3.05, 3.63) is 12.4 Å². The first-order valence-corrected chi connectivity index (χ1v) is 8.15. The topological polar surface area (TPSA) is 32.3 Å². The van der Waals surface area contributed by atoms with E-state index >= 15 is 0 Å². The fraction of sp³-hybridized carbons (Fsp3) is 0.750. The van der Waals surface area contributed by atoms with Gasteiger partial charge in [0.2, 0.25) is 0 Å². The highest BCUT2D eigenvalue weighted by molar-refractivity contribution is 5.50. The van der Waals surface area contributed by atoms with Gasteiger partial charge in [-0.25, -0.2) is 9.97 Å². The first kappa shape index (κ1) is 13.7. The molecule has 1 atom stereocenters. The van der Waals surface area contributed by atoms with Crippen LogP contribution in [0.4, 0.5) is 11.6 Å². The van der Waals surface area contributed by atoms with Crippen LogP contribution in [0, 0.1) is 5.92 Å². The number of hydrogen-bond donors (Lipinski definition) is 0. The Labute approximate surface area is 122 Å². The second-order valence-electron chi connectivity index (χ2n) is 6.33. The van der Waals surface area contributed by atoms with Crippen LogP contribution >= 0.6 is 0 Å². The van der Waals surface area contributed by atoms with Gasteiger partial charge in [0, 0.05) is 32.2 Å². The van der Waals surface area contributed by atoms with E-state index in [0.717, 1.165) is 43.7 Å². The molecule has 1 aromatic heterocycles. The highest BCUT2D eigenvalue weighted by Gasteiger charge is 2.19. The average Bonchev–Trinajstić information content (AvgIpc) is 2.76. The zero-order chi connectivity index (χ0) is 13.8. The lowest BCUT2D eigenvalue weighted by molar-refractivity contribution is 0.444. The predicted molar refractivity (Wildman–Crippen MR) is 83.3 cm³/mol. The van der Waals surface area contributed by atoms with E-state index in [2.05, 4.69) is 32.8 Å². The first-order valence-electron chi connectivity index (χ1n) is 8.15. The Bertz CT molecular complexity index is 409. The minimum Gasteiger partial charge on any atom is -0.356 e. The molecule has 0 saturated carbocycles. The molecule has 2 aliphatic rings. The van der Waals surface area contributed by atoms with Crippen molar-refractivity contribution < 1.29 is 0 Å². The molecule has 0 aromatic carbocycles. The van der Waals surface area contributed by atoms with E-state index in [1.54, 1.807) is 6.33 Å². The lowest BCUT2D eigenvalue weighted by Gasteiger charge is -2.32. The molecule has 20 heavy (non-hydrogen) atoms. The van der Waals surface area contributed by atoms with Crippen molar-refractivity contribution in [2.45, 2.75) is 45.4 Å². The molecular weight excluding hydrogens is 248 g/mol. The highest BCUT2D eigenvalue weighted by Crippen LogP contribution is 2.24. The molecule has 3 rings (SSSR count). The van der Waals surface area contributed by atoms with Crippen LogP contribution < -0.4 is 9.80 Å². The van der Waals surface area contributed by atoms with E-state index in [9.17, 15) is 0 Å². The van der Waals surface area contributed by atoms with Gasteiger partial charge in [0.25, 0.3) is 0 Å². The maximum absolute atomic E-state index is 4.51. The van der Waals surface area contributed by atoms with Crippen LogP contribution in [-0.4, -0.2) is 36.1 Å². The first-order chi connectivity index (χ1) is 9.83. The lowest BCUT2D eigenvalue weighted by Crippen LogP contribution is -2.35. The van der Waals surface area contributed by atoms with Crippen LogP contribution in [0.3, 0.4) is 0 Å². The number of rotatable bonds is 2. The van der Waals surface area contributed by atoms with Crippen LogP contribution in [0.25, 0.3) is 0 Å². The number of anilines is 2. The summed E-state index contributed by atoms with van der Waals surface area (Å²) >= 11 is 0. The van der Waals surface area contributed by atoms with E-state index in [1.165, 1.54) is 38.5 Å². The van der Waals surface area contributed by atoms with Crippen LogP contribution in [0.2, 0.25) is 0 Å². The number of nitrogens with zero attached hydrogens (tertiary/aromatic N) is 4. The third-order valence-corrected chi connectivity index (χ3v) is 4.55. The van der Waals surface area contributed by atoms with Gasteiger partial charge in [-0.1, -0.05) is 19.8 Å². The Morgan fingerprint density at radius 3 is 2.25 bits per heavy atom. The Morgan fingerprint density at radius 2 is 1.55 bits per heavy atom. The maximum Gasteiger partial charge on any atom is 0.134 e. The summed E-state index contributed by atoms with van der Waals surface area (Å²) < 4.78 is 0. The number of hydrogen-bond acceptors (Lipinski definition) is 4. The summed E-state index contributed by atoms with van der Waals surface area (Å²) in [6.45, 7) is 6.90. The van der Waals surface area contributed by atoms with E-state index < -0.39 is 0 Å². The van der Waals surface area contributed by atoms with Gasteiger partial charge >= 0.3 is 0 Å². The van der Waals surface area contributed by atoms with Crippen LogP contribution in [0.5, 0.6) is 0 Å². The third-order valence-electron chi connectivity index (χ3n) is 4.55. The zero-order valence-electron chi connectivity index (χ0n) is 12.6. The minimum atomic E-state index is 0.778. The minimum absolute atomic E-state index is 0.778. The fourth-order valence-corrected chi connectivity index (χ4v) is 3.38. The molecule has 3 heterocycles. The van der Waals surface area contributed by atoms with Crippen molar-refractivity contribution in [2.75, 3.05) is 36.0 Å². The molecule has 1 unspecified atom stereocenters. The molecule has 2 fully saturated rings. The van der Waals surface area contributed by atoms with Crippen molar-refractivity contribution in [3.63, 3.8) is 0 Å². The van der Waals surface area contributed by atoms with Gasteiger partial charge in [0.1, 0.15) is 18.0 Å². The second kappa shape index (κ2) is 6.42. The number of piperidine rings is 1. The third kappa shape index (κ3) is 3.22. The Kier molecular flexibility index (Phi) is 4.38. The Morgan fingerprint density at radius 1 is 0.900 bits per heavy atom. The molecule has 4 heteroatoms. The molecule has 2 aliphatic heterocycles. The Hall–Kier alpha value is -1.32. The quantitative estimate of drug-likeness (QED) is 0.829. The number of aromatic nitrogens is 2. The molecule has 0 aliphatic carbocycles.